The standard InChI is InChI=1S/C21H37N5O2/c1-5-22-19(24-15-18-23-14-17(28-18)20(2,3)4)25-16-21(8-12-27-13-9-21)26-10-6-7-11-26/h14H,5-13,15-16H2,1-4H3,(H2,22,24,25). The summed E-state index contributed by atoms with van der Waals surface area (Å²) in [5, 5.41) is 6.94. The Bertz CT molecular complexity index is 637. The molecule has 7 nitrogen and oxygen atoms in total. The first-order chi connectivity index (χ1) is 13.4. The zero-order valence-corrected chi connectivity index (χ0v) is 18.0. The Balaban J connectivity index is 1.64. The first-order valence-electron chi connectivity index (χ1n) is 10.7. The molecule has 0 radical (unpaired) electrons. The van der Waals surface area contributed by atoms with Crippen molar-refractivity contribution in [3.8, 4) is 0 Å². The molecule has 1 aromatic rings. The van der Waals surface area contributed by atoms with Crippen LogP contribution in [0, 0.1) is 0 Å². The van der Waals surface area contributed by atoms with Gasteiger partial charge in [-0.15, -0.1) is 0 Å². The number of hydrogen-bond acceptors (Lipinski definition) is 5. The summed E-state index contributed by atoms with van der Waals surface area (Å²) in [6.45, 7) is 14.7. The quantitative estimate of drug-likeness (QED) is 0.574. The van der Waals surface area contributed by atoms with Gasteiger partial charge in [-0.05, 0) is 45.7 Å². The van der Waals surface area contributed by atoms with Gasteiger partial charge in [-0.25, -0.2) is 9.98 Å². The van der Waals surface area contributed by atoms with Gasteiger partial charge in [0.1, 0.15) is 12.3 Å². The number of rotatable bonds is 6. The van der Waals surface area contributed by atoms with Crippen molar-refractivity contribution in [1.82, 2.24) is 20.5 Å². The van der Waals surface area contributed by atoms with E-state index in [4.69, 9.17) is 14.1 Å². The minimum atomic E-state index is -0.0388. The topological polar surface area (TPSA) is 74.9 Å². The van der Waals surface area contributed by atoms with E-state index >= 15 is 0 Å². The van der Waals surface area contributed by atoms with Crippen molar-refractivity contribution in [3.05, 3.63) is 17.8 Å². The monoisotopic (exact) mass is 391 g/mol. The molecule has 28 heavy (non-hydrogen) atoms. The van der Waals surface area contributed by atoms with Crippen molar-refractivity contribution in [1.29, 1.82) is 0 Å². The zero-order chi connectivity index (χ0) is 20.0. The van der Waals surface area contributed by atoms with E-state index in [1.165, 1.54) is 25.9 Å². The molecule has 0 aromatic carbocycles. The van der Waals surface area contributed by atoms with E-state index in [2.05, 4.69) is 48.2 Å². The van der Waals surface area contributed by atoms with Crippen molar-refractivity contribution in [2.24, 2.45) is 4.99 Å². The molecule has 3 rings (SSSR count). The highest BCUT2D eigenvalue weighted by molar-refractivity contribution is 5.79. The Morgan fingerprint density at radius 3 is 2.54 bits per heavy atom. The van der Waals surface area contributed by atoms with Crippen molar-refractivity contribution in [3.63, 3.8) is 0 Å². The number of hydrogen-bond donors (Lipinski definition) is 2. The number of aromatic nitrogens is 1. The second-order valence-electron chi connectivity index (χ2n) is 8.95. The highest BCUT2D eigenvalue weighted by Crippen LogP contribution is 2.30. The summed E-state index contributed by atoms with van der Waals surface area (Å²) in [6.07, 6.45) is 6.58. The van der Waals surface area contributed by atoms with Crippen LogP contribution in [0.25, 0.3) is 0 Å². The molecule has 2 fully saturated rings. The predicted molar refractivity (Wildman–Crippen MR) is 112 cm³/mol. The van der Waals surface area contributed by atoms with Crippen LogP contribution in [-0.2, 0) is 16.7 Å². The molecule has 3 heterocycles. The maximum atomic E-state index is 5.87. The maximum absolute atomic E-state index is 5.87. The third-order valence-corrected chi connectivity index (χ3v) is 5.79. The second kappa shape index (κ2) is 9.27. The number of guanidine groups is 1. The van der Waals surface area contributed by atoms with Gasteiger partial charge in [0.15, 0.2) is 5.96 Å². The molecule has 0 atom stereocenters. The van der Waals surface area contributed by atoms with Crippen molar-refractivity contribution >= 4 is 5.96 Å². The number of oxazole rings is 1. The fourth-order valence-electron chi connectivity index (χ4n) is 4.01. The molecule has 2 aliphatic heterocycles. The Kier molecular flexibility index (Phi) is 6.99. The fraction of sp³-hybridized carbons (Fsp3) is 0.810. The van der Waals surface area contributed by atoms with Gasteiger partial charge >= 0.3 is 0 Å². The summed E-state index contributed by atoms with van der Waals surface area (Å²) >= 11 is 0. The maximum Gasteiger partial charge on any atom is 0.216 e. The van der Waals surface area contributed by atoms with Gasteiger partial charge in [-0.1, -0.05) is 20.8 Å². The van der Waals surface area contributed by atoms with Crippen LogP contribution in [-0.4, -0.2) is 60.8 Å². The van der Waals surface area contributed by atoms with Gasteiger partial charge in [0.05, 0.1) is 6.20 Å². The lowest BCUT2D eigenvalue weighted by molar-refractivity contribution is -0.0164. The summed E-state index contributed by atoms with van der Waals surface area (Å²) in [6, 6.07) is 0. The highest BCUT2D eigenvalue weighted by atomic mass is 16.5. The van der Waals surface area contributed by atoms with Gasteiger partial charge in [0.25, 0.3) is 0 Å². The number of likely N-dealkylation sites (tertiary alicyclic amines) is 1. The third-order valence-electron chi connectivity index (χ3n) is 5.79. The Hall–Kier alpha value is -1.60. The molecule has 2 aliphatic rings. The molecular formula is C21H37N5O2. The fourth-order valence-corrected chi connectivity index (χ4v) is 4.01. The van der Waals surface area contributed by atoms with Crippen LogP contribution in [0.1, 0.15) is 65.0 Å². The molecule has 0 amide bonds. The average molecular weight is 392 g/mol. The van der Waals surface area contributed by atoms with E-state index in [-0.39, 0.29) is 11.0 Å². The number of aliphatic imine (C=N–C) groups is 1. The molecule has 0 bridgehead atoms. The lowest BCUT2D eigenvalue weighted by Crippen LogP contribution is -2.58. The van der Waals surface area contributed by atoms with E-state index in [0.717, 1.165) is 50.9 Å². The lowest BCUT2D eigenvalue weighted by Gasteiger charge is -2.45. The highest BCUT2D eigenvalue weighted by Gasteiger charge is 2.39. The molecule has 0 spiro atoms. The van der Waals surface area contributed by atoms with Gasteiger partial charge in [-0.2, -0.15) is 0 Å². The van der Waals surface area contributed by atoms with Crippen molar-refractivity contribution in [2.75, 3.05) is 39.4 Å². The zero-order valence-electron chi connectivity index (χ0n) is 18.0. The molecule has 1 aromatic heterocycles. The number of nitrogens with zero attached hydrogens (tertiary/aromatic N) is 3. The minimum absolute atomic E-state index is 0.0388. The van der Waals surface area contributed by atoms with Crippen LogP contribution >= 0.6 is 0 Å². The molecule has 0 aliphatic carbocycles. The third kappa shape index (κ3) is 5.26. The van der Waals surface area contributed by atoms with E-state index in [0.29, 0.717) is 12.4 Å². The van der Waals surface area contributed by atoms with Crippen molar-refractivity contribution < 1.29 is 9.15 Å². The molecule has 2 saturated heterocycles. The molecule has 158 valence electrons. The van der Waals surface area contributed by atoms with E-state index < -0.39 is 0 Å². The van der Waals surface area contributed by atoms with Crippen LogP contribution in [0.3, 0.4) is 0 Å². The molecule has 7 heteroatoms. The van der Waals surface area contributed by atoms with Crippen LogP contribution < -0.4 is 10.6 Å². The molecule has 2 N–H and O–H groups in total. The van der Waals surface area contributed by atoms with Crippen LogP contribution in [0.4, 0.5) is 0 Å². The smallest absolute Gasteiger partial charge is 0.216 e. The average Bonchev–Trinajstić information content (AvgIpc) is 3.36. The second-order valence-corrected chi connectivity index (χ2v) is 8.95. The Morgan fingerprint density at radius 1 is 1.21 bits per heavy atom. The van der Waals surface area contributed by atoms with E-state index in [9.17, 15) is 0 Å². The van der Waals surface area contributed by atoms with Gasteiger partial charge in [0.2, 0.25) is 5.89 Å². The van der Waals surface area contributed by atoms with Crippen LogP contribution in [0.5, 0.6) is 0 Å². The summed E-state index contributed by atoms with van der Waals surface area (Å²) < 4.78 is 11.5. The summed E-state index contributed by atoms with van der Waals surface area (Å²) in [4.78, 5) is 11.8. The largest absolute Gasteiger partial charge is 0.443 e. The van der Waals surface area contributed by atoms with E-state index in [1.807, 2.05) is 6.20 Å². The normalized spacial score (nSPS) is 21.1. The summed E-state index contributed by atoms with van der Waals surface area (Å²) in [7, 11) is 0. The molecular weight excluding hydrogens is 354 g/mol. The Labute approximate surface area is 169 Å². The first kappa shape index (κ1) is 21.1. The van der Waals surface area contributed by atoms with Gasteiger partial charge < -0.3 is 19.8 Å². The van der Waals surface area contributed by atoms with Crippen LogP contribution in [0.2, 0.25) is 0 Å². The predicted octanol–water partition coefficient (Wildman–Crippen LogP) is 2.67. The first-order valence-corrected chi connectivity index (χ1v) is 10.7. The van der Waals surface area contributed by atoms with Gasteiger partial charge in [-0.3, -0.25) is 4.90 Å². The number of nitrogens with one attached hydrogen (secondary N) is 2. The molecule has 0 unspecified atom stereocenters. The SMILES string of the molecule is CCNC(=NCc1ncc(C(C)(C)C)o1)NCC1(N2CCCC2)CCOCC1. The number of ether oxygens (including phenoxy) is 1. The van der Waals surface area contributed by atoms with Crippen molar-refractivity contribution in [2.45, 2.75) is 70.9 Å². The van der Waals surface area contributed by atoms with Gasteiger partial charge in [0, 0.05) is 37.3 Å². The minimum Gasteiger partial charge on any atom is -0.443 e. The Morgan fingerprint density at radius 2 is 1.93 bits per heavy atom. The van der Waals surface area contributed by atoms with E-state index in [1.54, 1.807) is 0 Å². The summed E-state index contributed by atoms with van der Waals surface area (Å²) in [5.74, 6) is 2.37. The summed E-state index contributed by atoms with van der Waals surface area (Å²) in [5.41, 5.74) is 0.135. The molecule has 0 saturated carbocycles. The van der Waals surface area contributed by atoms with Crippen LogP contribution in [0.15, 0.2) is 15.6 Å². The lowest BCUT2D eigenvalue weighted by atomic mass is 9.88.